The molecule has 10 aromatic rings. The number of nitriles is 1. The summed E-state index contributed by atoms with van der Waals surface area (Å²) in [6.07, 6.45) is 0. The molecule has 0 atom stereocenters. The molecule has 0 saturated heterocycles. The number of benzene rings is 7. The Kier molecular flexibility index (Phi) is 6.17. The second kappa shape index (κ2) is 11.0. The van der Waals surface area contributed by atoms with Crippen molar-refractivity contribution in [3.63, 3.8) is 0 Å². The van der Waals surface area contributed by atoms with Crippen LogP contribution in [0.4, 0.5) is 0 Å². The fourth-order valence-electron chi connectivity index (χ4n) is 7.47. The predicted molar refractivity (Wildman–Crippen MR) is 204 cm³/mol. The average Bonchev–Trinajstić information content (AvgIpc) is 3.69. The second-order valence-electron chi connectivity index (χ2n) is 12.6. The first-order chi connectivity index (χ1) is 24.7. The molecule has 0 amide bonds. The van der Waals surface area contributed by atoms with Crippen molar-refractivity contribution >= 4 is 54.5 Å². The Bertz CT molecular complexity index is 2970. The van der Waals surface area contributed by atoms with Gasteiger partial charge < -0.3 is 9.13 Å². The smallest absolute Gasteiger partial charge is 0.160 e. The van der Waals surface area contributed by atoms with Gasteiger partial charge in [-0.15, -0.1) is 0 Å². The van der Waals surface area contributed by atoms with Gasteiger partial charge in [-0.1, -0.05) is 97.1 Å². The van der Waals surface area contributed by atoms with E-state index in [1.165, 1.54) is 32.6 Å². The number of rotatable bonds is 4. The molecule has 10 rings (SSSR count). The molecule has 0 unspecified atom stereocenters. The summed E-state index contributed by atoms with van der Waals surface area (Å²) in [6, 6.07) is 59.2. The lowest BCUT2D eigenvalue weighted by atomic mass is 10.0. The van der Waals surface area contributed by atoms with Crippen LogP contribution in [0.25, 0.3) is 88.5 Å². The van der Waals surface area contributed by atoms with Crippen molar-refractivity contribution in [2.45, 2.75) is 0 Å². The van der Waals surface area contributed by atoms with Gasteiger partial charge in [0.2, 0.25) is 0 Å². The van der Waals surface area contributed by atoms with Crippen LogP contribution >= 0.6 is 0 Å². The molecular weight excluding hydrogens is 611 g/mol. The van der Waals surface area contributed by atoms with E-state index in [4.69, 9.17) is 9.97 Å². The standard InChI is InChI=1S/C45H27N5/c46-28-29-19-24-36-39(25-29)47-45(31-11-3-1-4-12-31)48-44(36)30-20-22-33(23-21-30)50-41-18-10-8-16-35(41)38-26-37-34-15-7-9-17-40(34)49(42(37)27-43(38)50)32-13-5-2-6-14-32/h1-27H. The monoisotopic (exact) mass is 637 g/mol. The normalized spacial score (nSPS) is 11.6. The van der Waals surface area contributed by atoms with Gasteiger partial charge in [0, 0.05) is 49.4 Å². The average molecular weight is 638 g/mol. The van der Waals surface area contributed by atoms with Gasteiger partial charge in [0.05, 0.1) is 44.9 Å². The zero-order chi connectivity index (χ0) is 33.2. The maximum Gasteiger partial charge on any atom is 0.160 e. The predicted octanol–water partition coefficient (Wildman–Crippen LogP) is 11.0. The molecule has 0 fully saturated rings. The number of fused-ring (bicyclic) bond motifs is 7. The first kappa shape index (κ1) is 28.0. The largest absolute Gasteiger partial charge is 0.309 e. The van der Waals surface area contributed by atoms with Gasteiger partial charge >= 0.3 is 0 Å². The van der Waals surface area contributed by atoms with Gasteiger partial charge in [0.15, 0.2) is 5.82 Å². The van der Waals surface area contributed by atoms with Crippen molar-refractivity contribution in [2.75, 3.05) is 0 Å². The Hall–Kier alpha value is -7.03. The van der Waals surface area contributed by atoms with Gasteiger partial charge in [0.25, 0.3) is 0 Å². The molecule has 0 aliphatic carbocycles. The molecule has 0 bridgehead atoms. The van der Waals surface area contributed by atoms with E-state index in [-0.39, 0.29) is 0 Å². The van der Waals surface area contributed by atoms with Crippen molar-refractivity contribution in [3.05, 3.63) is 169 Å². The number of aromatic nitrogens is 4. The molecule has 0 spiro atoms. The minimum atomic E-state index is 0.572. The lowest BCUT2D eigenvalue weighted by Crippen LogP contribution is -1.97. The summed E-state index contributed by atoms with van der Waals surface area (Å²) in [6.45, 7) is 0. The number of hydrogen-bond donors (Lipinski definition) is 0. The second-order valence-corrected chi connectivity index (χ2v) is 12.6. The molecule has 50 heavy (non-hydrogen) atoms. The number of hydrogen-bond acceptors (Lipinski definition) is 3. The Labute approximate surface area is 287 Å². The Morgan fingerprint density at radius 3 is 1.64 bits per heavy atom. The molecular formula is C45H27N5. The van der Waals surface area contributed by atoms with Crippen LogP contribution in [0.15, 0.2) is 164 Å². The SMILES string of the molecule is N#Cc1ccc2c(-c3ccc(-n4c5ccccc5c5cc6c7ccccc7n(-c7ccccc7)c6cc54)cc3)nc(-c3ccccc3)nc2c1. The highest BCUT2D eigenvalue weighted by Crippen LogP contribution is 2.40. The van der Waals surface area contributed by atoms with Crippen LogP contribution in [0.1, 0.15) is 5.56 Å². The molecule has 0 N–H and O–H groups in total. The van der Waals surface area contributed by atoms with Crippen LogP contribution in [0.2, 0.25) is 0 Å². The van der Waals surface area contributed by atoms with E-state index in [0.29, 0.717) is 11.4 Å². The van der Waals surface area contributed by atoms with Crippen LogP contribution in [-0.2, 0) is 0 Å². The van der Waals surface area contributed by atoms with E-state index in [1.807, 2.05) is 48.5 Å². The van der Waals surface area contributed by atoms with Gasteiger partial charge in [-0.05, 0) is 66.7 Å². The summed E-state index contributed by atoms with van der Waals surface area (Å²) < 4.78 is 4.74. The first-order valence-electron chi connectivity index (χ1n) is 16.6. The molecule has 0 aliphatic rings. The summed E-state index contributed by atoms with van der Waals surface area (Å²) >= 11 is 0. The van der Waals surface area contributed by atoms with Crippen molar-refractivity contribution in [1.82, 2.24) is 19.1 Å². The summed E-state index contributed by atoms with van der Waals surface area (Å²) in [7, 11) is 0. The molecule has 0 aliphatic heterocycles. The summed E-state index contributed by atoms with van der Waals surface area (Å²) in [5.74, 6) is 0.632. The minimum absolute atomic E-state index is 0.572. The van der Waals surface area contributed by atoms with E-state index in [0.717, 1.165) is 50.1 Å². The molecule has 3 aromatic heterocycles. The maximum atomic E-state index is 9.61. The van der Waals surface area contributed by atoms with Gasteiger partial charge in [0.1, 0.15) is 0 Å². The first-order valence-corrected chi connectivity index (χ1v) is 16.6. The van der Waals surface area contributed by atoms with Crippen molar-refractivity contribution in [1.29, 1.82) is 5.26 Å². The Morgan fingerprint density at radius 2 is 1.00 bits per heavy atom. The van der Waals surface area contributed by atoms with Crippen molar-refractivity contribution < 1.29 is 0 Å². The van der Waals surface area contributed by atoms with E-state index in [9.17, 15) is 5.26 Å². The molecule has 0 radical (unpaired) electrons. The van der Waals surface area contributed by atoms with Crippen LogP contribution < -0.4 is 0 Å². The third-order valence-corrected chi connectivity index (χ3v) is 9.74. The van der Waals surface area contributed by atoms with E-state index in [1.54, 1.807) is 0 Å². The third kappa shape index (κ3) is 4.26. The molecule has 232 valence electrons. The molecule has 5 nitrogen and oxygen atoms in total. The van der Waals surface area contributed by atoms with Crippen LogP contribution in [-0.4, -0.2) is 19.1 Å². The van der Waals surface area contributed by atoms with E-state index >= 15 is 0 Å². The van der Waals surface area contributed by atoms with Crippen molar-refractivity contribution in [2.24, 2.45) is 0 Å². The zero-order valence-electron chi connectivity index (χ0n) is 26.8. The lowest BCUT2D eigenvalue weighted by Gasteiger charge is -2.12. The topological polar surface area (TPSA) is 59.4 Å². The number of nitrogens with zero attached hydrogens (tertiary/aromatic N) is 5. The molecule has 0 saturated carbocycles. The minimum Gasteiger partial charge on any atom is -0.309 e. The fourth-order valence-corrected chi connectivity index (χ4v) is 7.47. The van der Waals surface area contributed by atoms with Gasteiger partial charge in [-0.25, -0.2) is 9.97 Å². The Morgan fingerprint density at radius 1 is 0.420 bits per heavy atom. The van der Waals surface area contributed by atoms with Crippen LogP contribution in [0.3, 0.4) is 0 Å². The van der Waals surface area contributed by atoms with Crippen LogP contribution in [0.5, 0.6) is 0 Å². The third-order valence-electron chi connectivity index (χ3n) is 9.74. The maximum absolute atomic E-state index is 9.61. The highest BCUT2D eigenvalue weighted by Gasteiger charge is 2.19. The lowest BCUT2D eigenvalue weighted by molar-refractivity contribution is 1.16. The Balaban J connectivity index is 1.19. The summed E-state index contributed by atoms with van der Waals surface area (Å²) in [5, 5.41) is 15.4. The van der Waals surface area contributed by atoms with E-state index < -0.39 is 0 Å². The van der Waals surface area contributed by atoms with Crippen molar-refractivity contribution in [3.8, 4) is 40.1 Å². The highest BCUT2D eigenvalue weighted by molar-refractivity contribution is 6.19. The number of para-hydroxylation sites is 3. The summed E-state index contributed by atoms with van der Waals surface area (Å²) in [5.41, 5.74) is 10.9. The summed E-state index contributed by atoms with van der Waals surface area (Å²) in [4.78, 5) is 9.95. The quantitative estimate of drug-likeness (QED) is 0.193. The van der Waals surface area contributed by atoms with Gasteiger partial charge in [-0.2, -0.15) is 5.26 Å². The van der Waals surface area contributed by atoms with E-state index in [2.05, 4.69) is 130 Å². The molecule has 3 heterocycles. The van der Waals surface area contributed by atoms with Gasteiger partial charge in [-0.3, -0.25) is 0 Å². The highest BCUT2D eigenvalue weighted by atomic mass is 15.0. The molecule has 5 heteroatoms. The molecule has 7 aromatic carbocycles. The van der Waals surface area contributed by atoms with Crippen LogP contribution in [0, 0.1) is 11.3 Å². The fraction of sp³-hybridized carbons (Fsp3) is 0. The zero-order valence-corrected chi connectivity index (χ0v) is 26.8.